The largest absolute Gasteiger partial charge is 0.497 e. The number of carbonyl (C=O) groups is 2. The van der Waals surface area contributed by atoms with Crippen molar-refractivity contribution in [1.82, 2.24) is 15.2 Å². The highest BCUT2D eigenvalue weighted by Gasteiger charge is 2.28. The van der Waals surface area contributed by atoms with Crippen LogP contribution in [0.15, 0.2) is 22.6 Å². The number of methoxy groups -OCH3 is 1. The lowest BCUT2D eigenvalue weighted by Gasteiger charge is -2.32. The summed E-state index contributed by atoms with van der Waals surface area (Å²) in [7, 11) is 1.63. The number of rotatable bonds is 4. The summed E-state index contributed by atoms with van der Waals surface area (Å²) in [6.07, 6.45) is 3.25. The second-order valence-corrected chi connectivity index (χ2v) is 7.51. The molecule has 2 fully saturated rings. The maximum Gasteiger partial charge on any atom is 0.298 e. The van der Waals surface area contributed by atoms with Gasteiger partial charge in [-0.2, -0.15) is 4.98 Å². The Hall–Kier alpha value is -2.77. The fraction of sp³-hybridized carbons (Fsp3) is 0.550. The second-order valence-electron chi connectivity index (χ2n) is 7.51. The summed E-state index contributed by atoms with van der Waals surface area (Å²) in [4.78, 5) is 32.8. The van der Waals surface area contributed by atoms with Crippen LogP contribution in [0.2, 0.25) is 0 Å². The summed E-state index contributed by atoms with van der Waals surface area (Å²) in [6, 6.07) is 6.17. The van der Waals surface area contributed by atoms with Gasteiger partial charge in [0.15, 0.2) is 5.58 Å². The number of piperidine rings is 1. The maximum atomic E-state index is 12.7. The Morgan fingerprint density at radius 2 is 2.25 bits per heavy atom. The second kappa shape index (κ2) is 8.08. The molecule has 1 aromatic heterocycles. The molecule has 0 aliphatic carbocycles. The molecule has 0 saturated carbocycles. The Morgan fingerprint density at radius 1 is 1.36 bits per heavy atom. The van der Waals surface area contributed by atoms with Crippen molar-refractivity contribution in [2.75, 3.05) is 44.7 Å². The molecule has 2 aromatic rings. The molecule has 1 unspecified atom stereocenters. The molecule has 3 heterocycles. The number of aromatic nitrogens is 1. The lowest BCUT2D eigenvalue weighted by Crippen LogP contribution is -2.41. The molecule has 1 N–H and O–H groups in total. The average molecular weight is 386 g/mol. The van der Waals surface area contributed by atoms with Crippen molar-refractivity contribution >= 4 is 28.9 Å². The number of nitrogens with zero attached hydrogens (tertiary/aromatic N) is 3. The first kappa shape index (κ1) is 18.6. The molecular weight excluding hydrogens is 360 g/mol. The minimum Gasteiger partial charge on any atom is -0.497 e. The Bertz CT molecular complexity index is 865. The Balaban J connectivity index is 1.41. The van der Waals surface area contributed by atoms with Gasteiger partial charge >= 0.3 is 0 Å². The molecule has 4 rings (SSSR count). The average Bonchev–Trinajstić information content (AvgIpc) is 3.01. The highest BCUT2D eigenvalue weighted by atomic mass is 16.5. The molecule has 2 saturated heterocycles. The van der Waals surface area contributed by atoms with E-state index in [9.17, 15) is 9.59 Å². The van der Waals surface area contributed by atoms with Crippen LogP contribution in [0.25, 0.3) is 11.1 Å². The first-order valence-corrected chi connectivity index (χ1v) is 9.86. The predicted octanol–water partition coefficient (Wildman–Crippen LogP) is 1.79. The van der Waals surface area contributed by atoms with Crippen LogP contribution in [0.1, 0.15) is 25.7 Å². The Labute approximate surface area is 163 Å². The molecule has 28 heavy (non-hydrogen) atoms. The van der Waals surface area contributed by atoms with Gasteiger partial charge in [-0.05, 0) is 37.3 Å². The van der Waals surface area contributed by atoms with Crippen LogP contribution in [0.3, 0.4) is 0 Å². The first-order chi connectivity index (χ1) is 13.6. The molecule has 0 radical (unpaired) electrons. The summed E-state index contributed by atoms with van der Waals surface area (Å²) < 4.78 is 11.2. The number of carbonyl (C=O) groups excluding carboxylic acids is 2. The van der Waals surface area contributed by atoms with Crippen molar-refractivity contribution < 1.29 is 18.7 Å². The van der Waals surface area contributed by atoms with Gasteiger partial charge in [0.2, 0.25) is 11.8 Å². The standard InChI is InChI=1S/C20H26N4O4/c1-27-15-5-6-17-16(11-15)22-20(28-17)24-8-2-4-14(12-24)10-19(26)23-9-3-7-21-18(25)13-23/h5-6,11,14H,2-4,7-10,12-13H2,1H3,(H,21,25). The smallest absolute Gasteiger partial charge is 0.298 e. The van der Waals surface area contributed by atoms with Gasteiger partial charge in [-0.1, -0.05) is 0 Å². The number of nitrogens with one attached hydrogen (secondary N) is 1. The highest BCUT2D eigenvalue weighted by molar-refractivity contribution is 5.85. The van der Waals surface area contributed by atoms with Crippen molar-refractivity contribution in [2.24, 2.45) is 5.92 Å². The van der Waals surface area contributed by atoms with Crippen molar-refractivity contribution in [3.05, 3.63) is 18.2 Å². The van der Waals surface area contributed by atoms with E-state index in [0.29, 0.717) is 25.5 Å². The van der Waals surface area contributed by atoms with E-state index in [2.05, 4.69) is 15.2 Å². The van der Waals surface area contributed by atoms with Crippen molar-refractivity contribution in [2.45, 2.75) is 25.7 Å². The van der Waals surface area contributed by atoms with Crippen LogP contribution in [-0.4, -0.2) is 61.5 Å². The zero-order valence-corrected chi connectivity index (χ0v) is 16.1. The van der Waals surface area contributed by atoms with Crippen molar-refractivity contribution in [3.63, 3.8) is 0 Å². The van der Waals surface area contributed by atoms with E-state index < -0.39 is 0 Å². The van der Waals surface area contributed by atoms with Crippen molar-refractivity contribution in [3.8, 4) is 5.75 Å². The fourth-order valence-corrected chi connectivity index (χ4v) is 3.96. The molecule has 0 spiro atoms. The number of oxazole rings is 1. The van der Waals surface area contributed by atoms with Crippen LogP contribution in [0.5, 0.6) is 5.75 Å². The van der Waals surface area contributed by atoms with Crippen LogP contribution in [-0.2, 0) is 9.59 Å². The SMILES string of the molecule is COc1ccc2oc(N3CCCC(CC(=O)N4CCCNC(=O)C4)C3)nc2c1. The molecule has 0 bridgehead atoms. The lowest BCUT2D eigenvalue weighted by molar-refractivity contribution is -0.136. The van der Waals surface area contributed by atoms with Crippen LogP contribution in [0, 0.1) is 5.92 Å². The number of ether oxygens (including phenoxy) is 1. The highest BCUT2D eigenvalue weighted by Crippen LogP contribution is 2.29. The summed E-state index contributed by atoms with van der Waals surface area (Å²) in [5, 5.41) is 2.81. The third-order valence-electron chi connectivity index (χ3n) is 5.45. The van der Waals surface area contributed by atoms with E-state index in [1.54, 1.807) is 12.0 Å². The van der Waals surface area contributed by atoms with E-state index in [0.717, 1.165) is 49.2 Å². The number of hydrogen-bond donors (Lipinski definition) is 1. The van der Waals surface area contributed by atoms with Gasteiger partial charge in [0.1, 0.15) is 11.3 Å². The topological polar surface area (TPSA) is 87.9 Å². The molecule has 2 aliphatic rings. The summed E-state index contributed by atoms with van der Waals surface area (Å²) in [5.74, 6) is 0.970. The van der Waals surface area contributed by atoms with Crippen LogP contribution >= 0.6 is 0 Å². The number of hydrogen-bond acceptors (Lipinski definition) is 6. The monoisotopic (exact) mass is 386 g/mol. The van der Waals surface area contributed by atoms with Gasteiger partial charge in [-0.3, -0.25) is 9.59 Å². The molecular formula is C20H26N4O4. The number of fused-ring (bicyclic) bond motifs is 1. The van der Waals surface area contributed by atoms with E-state index in [1.807, 2.05) is 18.2 Å². The Kier molecular flexibility index (Phi) is 5.36. The summed E-state index contributed by atoms with van der Waals surface area (Å²) in [6.45, 7) is 3.04. The van der Waals surface area contributed by atoms with Crippen molar-refractivity contribution in [1.29, 1.82) is 0 Å². The summed E-state index contributed by atoms with van der Waals surface area (Å²) in [5.41, 5.74) is 1.49. The zero-order chi connectivity index (χ0) is 19.5. The Morgan fingerprint density at radius 3 is 3.11 bits per heavy atom. The minimum atomic E-state index is -0.0713. The number of amides is 2. The van der Waals surface area contributed by atoms with Gasteiger partial charge in [0, 0.05) is 38.7 Å². The van der Waals surface area contributed by atoms with Gasteiger partial charge < -0.3 is 24.3 Å². The molecule has 1 atom stereocenters. The van der Waals surface area contributed by atoms with E-state index >= 15 is 0 Å². The molecule has 1 aromatic carbocycles. The first-order valence-electron chi connectivity index (χ1n) is 9.86. The third kappa shape index (κ3) is 4.05. The number of anilines is 1. The van der Waals surface area contributed by atoms with E-state index in [4.69, 9.17) is 9.15 Å². The van der Waals surface area contributed by atoms with E-state index in [1.165, 1.54) is 0 Å². The van der Waals surface area contributed by atoms with Gasteiger partial charge in [0.25, 0.3) is 6.01 Å². The van der Waals surface area contributed by atoms with Gasteiger partial charge in [-0.15, -0.1) is 0 Å². The zero-order valence-electron chi connectivity index (χ0n) is 16.1. The molecule has 2 aliphatic heterocycles. The van der Waals surface area contributed by atoms with Gasteiger partial charge in [-0.25, -0.2) is 0 Å². The molecule has 8 nitrogen and oxygen atoms in total. The normalized spacial score (nSPS) is 20.8. The predicted molar refractivity (Wildman–Crippen MR) is 104 cm³/mol. The molecule has 2 amide bonds. The van der Waals surface area contributed by atoms with Crippen LogP contribution < -0.4 is 15.0 Å². The summed E-state index contributed by atoms with van der Waals surface area (Å²) >= 11 is 0. The maximum absolute atomic E-state index is 12.7. The van der Waals surface area contributed by atoms with E-state index in [-0.39, 0.29) is 24.3 Å². The quantitative estimate of drug-likeness (QED) is 0.862. The third-order valence-corrected chi connectivity index (χ3v) is 5.45. The van der Waals surface area contributed by atoms with Gasteiger partial charge in [0.05, 0.1) is 13.7 Å². The van der Waals surface area contributed by atoms with Crippen LogP contribution in [0.4, 0.5) is 6.01 Å². The molecule has 8 heteroatoms. The minimum absolute atomic E-state index is 0.0613. The number of benzene rings is 1. The lowest BCUT2D eigenvalue weighted by atomic mass is 9.94. The fourth-order valence-electron chi connectivity index (χ4n) is 3.96. The molecule has 150 valence electrons.